The lowest BCUT2D eigenvalue weighted by Gasteiger charge is -2.43. The van der Waals surface area contributed by atoms with Gasteiger partial charge in [-0.15, -0.1) is 0 Å². The van der Waals surface area contributed by atoms with Gasteiger partial charge in [-0.25, -0.2) is 0 Å². The molecule has 0 bridgehead atoms. The molecule has 0 spiro atoms. The Balaban J connectivity index is 2.75. The van der Waals surface area contributed by atoms with Crippen molar-refractivity contribution in [3.63, 3.8) is 0 Å². The molecule has 0 radical (unpaired) electrons. The number of nitrogens with zero attached hydrogens (tertiary/aromatic N) is 1. The largest absolute Gasteiger partial charge is 0.383 e. The molecular formula is C15H31N3O3. The number of nitrogens with one attached hydrogen (secondary N) is 1. The standard InChI is InChI=1S/C15H31N3O3/c1-4-17-15(14(16)19)7-5-6-13(12-15)18(8-10-20-2)9-11-21-3/h13,17H,4-12H2,1-3H3,(H2,16,19). The summed E-state index contributed by atoms with van der Waals surface area (Å²) in [5.74, 6) is -0.229. The van der Waals surface area contributed by atoms with Crippen LogP contribution in [0.2, 0.25) is 0 Å². The van der Waals surface area contributed by atoms with Crippen molar-refractivity contribution in [2.45, 2.75) is 44.2 Å². The minimum atomic E-state index is -0.559. The van der Waals surface area contributed by atoms with E-state index in [1.807, 2.05) is 6.92 Å². The second kappa shape index (κ2) is 9.35. The van der Waals surface area contributed by atoms with E-state index in [9.17, 15) is 4.79 Å². The van der Waals surface area contributed by atoms with Crippen LogP contribution in [-0.4, -0.2) is 69.5 Å². The van der Waals surface area contributed by atoms with E-state index >= 15 is 0 Å². The van der Waals surface area contributed by atoms with Gasteiger partial charge in [0.15, 0.2) is 0 Å². The van der Waals surface area contributed by atoms with E-state index in [-0.39, 0.29) is 5.91 Å². The van der Waals surface area contributed by atoms with Gasteiger partial charge >= 0.3 is 0 Å². The van der Waals surface area contributed by atoms with E-state index in [2.05, 4.69) is 10.2 Å². The number of hydrogen-bond donors (Lipinski definition) is 2. The Morgan fingerprint density at radius 1 is 1.33 bits per heavy atom. The van der Waals surface area contributed by atoms with Crippen molar-refractivity contribution in [2.75, 3.05) is 47.1 Å². The molecule has 1 saturated carbocycles. The Labute approximate surface area is 128 Å². The molecule has 0 aromatic heterocycles. The maximum atomic E-state index is 12.0. The van der Waals surface area contributed by atoms with Crippen LogP contribution >= 0.6 is 0 Å². The second-order valence-electron chi connectivity index (χ2n) is 5.75. The van der Waals surface area contributed by atoms with E-state index in [1.54, 1.807) is 14.2 Å². The molecule has 0 saturated heterocycles. The fourth-order valence-corrected chi connectivity index (χ4v) is 3.26. The lowest BCUT2D eigenvalue weighted by Crippen LogP contribution is -2.61. The van der Waals surface area contributed by atoms with Crippen LogP contribution in [0.3, 0.4) is 0 Å². The van der Waals surface area contributed by atoms with Gasteiger partial charge in [-0.05, 0) is 32.2 Å². The summed E-state index contributed by atoms with van der Waals surface area (Å²) in [5, 5.41) is 3.33. The first-order valence-electron chi connectivity index (χ1n) is 7.86. The zero-order valence-corrected chi connectivity index (χ0v) is 13.7. The van der Waals surface area contributed by atoms with E-state index in [0.717, 1.165) is 45.3 Å². The molecular weight excluding hydrogens is 270 g/mol. The van der Waals surface area contributed by atoms with Crippen molar-refractivity contribution in [3.8, 4) is 0 Å². The van der Waals surface area contributed by atoms with Crippen LogP contribution in [0.5, 0.6) is 0 Å². The number of hydrogen-bond acceptors (Lipinski definition) is 5. The third-order valence-electron chi connectivity index (χ3n) is 4.39. The van der Waals surface area contributed by atoms with Gasteiger partial charge < -0.3 is 20.5 Å². The van der Waals surface area contributed by atoms with Crippen LogP contribution in [0.15, 0.2) is 0 Å². The van der Waals surface area contributed by atoms with Crippen molar-refractivity contribution in [2.24, 2.45) is 5.73 Å². The number of primary amides is 1. The SMILES string of the molecule is CCNC1(C(N)=O)CCCC(N(CCOC)CCOC)C1. The molecule has 0 aromatic carbocycles. The predicted octanol–water partition coefficient (Wildman–Crippen LogP) is 0.357. The van der Waals surface area contributed by atoms with E-state index in [4.69, 9.17) is 15.2 Å². The van der Waals surface area contributed by atoms with Gasteiger partial charge in [0.1, 0.15) is 0 Å². The van der Waals surface area contributed by atoms with Gasteiger partial charge in [0, 0.05) is 33.4 Å². The fourth-order valence-electron chi connectivity index (χ4n) is 3.26. The highest BCUT2D eigenvalue weighted by molar-refractivity contribution is 5.84. The number of carbonyl (C=O) groups excluding carboxylic acids is 1. The molecule has 6 heteroatoms. The van der Waals surface area contributed by atoms with Crippen molar-refractivity contribution < 1.29 is 14.3 Å². The zero-order valence-electron chi connectivity index (χ0n) is 13.7. The molecule has 2 atom stereocenters. The molecule has 0 aliphatic heterocycles. The summed E-state index contributed by atoms with van der Waals surface area (Å²) in [7, 11) is 3.42. The van der Waals surface area contributed by atoms with Crippen LogP contribution in [0.4, 0.5) is 0 Å². The Bertz CT molecular complexity index is 303. The Kier molecular flexibility index (Phi) is 8.18. The summed E-state index contributed by atoms with van der Waals surface area (Å²) in [6, 6.07) is 0.343. The molecule has 1 aliphatic carbocycles. The van der Waals surface area contributed by atoms with Crippen molar-refractivity contribution in [3.05, 3.63) is 0 Å². The Morgan fingerprint density at radius 3 is 2.43 bits per heavy atom. The van der Waals surface area contributed by atoms with Crippen LogP contribution in [0.1, 0.15) is 32.6 Å². The first-order chi connectivity index (χ1) is 10.1. The predicted molar refractivity (Wildman–Crippen MR) is 83.2 cm³/mol. The van der Waals surface area contributed by atoms with E-state index in [1.165, 1.54) is 0 Å². The van der Waals surface area contributed by atoms with Crippen LogP contribution in [0.25, 0.3) is 0 Å². The average molecular weight is 301 g/mol. The van der Waals surface area contributed by atoms with Gasteiger partial charge in [0.05, 0.1) is 18.8 Å². The third-order valence-corrected chi connectivity index (χ3v) is 4.39. The second-order valence-corrected chi connectivity index (χ2v) is 5.75. The third kappa shape index (κ3) is 5.21. The Morgan fingerprint density at radius 2 is 1.95 bits per heavy atom. The van der Waals surface area contributed by atoms with E-state index < -0.39 is 5.54 Å². The van der Waals surface area contributed by atoms with Gasteiger partial charge in [-0.1, -0.05) is 6.92 Å². The molecule has 0 aromatic rings. The van der Waals surface area contributed by atoms with Gasteiger partial charge in [0.2, 0.25) is 5.91 Å². The number of ether oxygens (including phenoxy) is 2. The molecule has 1 aliphatic rings. The maximum absolute atomic E-state index is 12.0. The lowest BCUT2D eigenvalue weighted by atomic mass is 9.77. The summed E-state index contributed by atoms with van der Waals surface area (Å²) in [4.78, 5) is 14.3. The lowest BCUT2D eigenvalue weighted by molar-refractivity contribution is -0.126. The minimum Gasteiger partial charge on any atom is -0.383 e. The first kappa shape index (κ1) is 18.4. The summed E-state index contributed by atoms with van der Waals surface area (Å²) < 4.78 is 10.4. The summed E-state index contributed by atoms with van der Waals surface area (Å²) in [5.41, 5.74) is 5.12. The van der Waals surface area contributed by atoms with Crippen LogP contribution in [0, 0.1) is 0 Å². The average Bonchev–Trinajstić information content (AvgIpc) is 2.48. The molecule has 6 nitrogen and oxygen atoms in total. The van der Waals surface area contributed by atoms with Gasteiger partial charge in [-0.2, -0.15) is 0 Å². The first-order valence-corrected chi connectivity index (χ1v) is 7.86. The molecule has 0 heterocycles. The summed E-state index contributed by atoms with van der Waals surface area (Å²) in [6.07, 6.45) is 3.70. The fraction of sp³-hybridized carbons (Fsp3) is 0.933. The molecule has 124 valence electrons. The zero-order chi connectivity index (χ0) is 15.7. The molecule has 3 N–H and O–H groups in total. The van der Waals surface area contributed by atoms with Crippen LogP contribution in [-0.2, 0) is 14.3 Å². The number of amides is 1. The van der Waals surface area contributed by atoms with Crippen LogP contribution < -0.4 is 11.1 Å². The normalized spacial score (nSPS) is 26.2. The topological polar surface area (TPSA) is 76.8 Å². The number of carbonyl (C=O) groups is 1. The number of methoxy groups -OCH3 is 2. The highest BCUT2D eigenvalue weighted by Crippen LogP contribution is 2.31. The smallest absolute Gasteiger partial charge is 0.237 e. The molecule has 1 fully saturated rings. The highest BCUT2D eigenvalue weighted by atomic mass is 16.5. The molecule has 1 amide bonds. The van der Waals surface area contributed by atoms with Crippen molar-refractivity contribution in [1.82, 2.24) is 10.2 Å². The maximum Gasteiger partial charge on any atom is 0.237 e. The molecule has 21 heavy (non-hydrogen) atoms. The van der Waals surface area contributed by atoms with Gasteiger partial charge in [-0.3, -0.25) is 9.69 Å². The summed E-state index contributed by atoms with van der Waals surface area (Å²) >= 11 is 0. The number of likely N-dealkylation sites (N-methyl/N-ethyl adjacent to an activating group) is 1. The van der Waals surface area contributed by atoms with Crippen molar-refractivity contribution in [1.29, 1.82) is 0 Å². The number of nitrogens with two attached hydrogens (primary N) is 1. The highest BCUT2D eigenvalue weighted by Gasteiger charge is 2.42. The number of rotatable bonds is 10. The van der Waals surface area contributed by atoms with Crippen molar-refractivity contribution >= 4 is 5.91 Å². The summed E-state index contributed by atoms with van der Waals surface area (Å²) in [6.45, 7) is 5.85. The quantitative estimate of drug-likeness (QED) is 0.609. The molecule has 2 unspecified atom stereocenters. The Hall–Kier alpha value is -0.690. The molecule has 1 rings (SSSR count). The minimum absolute atomic E-state index is 0.229. The van der Waals surface area contributed by atoms with Gasteiger partial charge in [0.25, 0.3) is 0 Å². The van der Waals surface area contributed by atoms with E-state index in [0.29, 0.717) is 19.3 Å². The monoisotopic (exact) mass is 301 g/mol.